The van der Waals surface area contributed by atoms with E-state index in [0.717, 1.165) is 0 Å². The first-order valence-electron chi connectivity index (χ1n) is 8.61. The van der Waals surface area contributed by atoms with Gasteiger partial charge in [-0.3, -0.25) is 4.79 Å². The largest absolute Gasteiger partial charge is 0.425 e. The van der Waals surface area contributed by atoms with Crippen LogP contribution in [-0.4, -0.2) is 23.6 Å². The van der Waals surface area contributed by atoms with Gasteiger partial charge in [-0.15, -0.1) is 0 Å². The molecule has 3 aromatic rings. The lowest BCUT2D eigenvalue weighted by Gasteiger charge is -2.36. The Labute approximate surface area is 160 Å². The zero-order chi connectivity index (χ0) is 19.6. The van der Waals surface area contributed by atoms with Gasteiger partial charge in [-0.25, -0.2) is 10.1 Å². The van der Waals surface area contributed by atoms with Gasteiger partial charge in [0.05, 0.1) is 0 Å². The number of benzene rings is 3. The molecule has 140 valence electrons. The SMILES string of the molecule is O=C(COC1(OO)c2ccccc2C(=O)c2ccccc21)Oc1ccccc1. The van der Waals surface area contributed by atoms with Crippen molar-refractivity contribution in [2.45, 2.75) is 5.79 Å². The van der Waals surface area contributed by atoms with E-state index in [4.69, 9.17) is 14.4 Å². The van der Waals surface area contributed by atoms with Crippen LogP contribution in [0.3, 0.4) is 0 Å². The second-order valence-corrected chi connectivity index (χ2v) is 6.20. The summed E-state index contributed by atoms with van der Waals surface area (Å²) in [6, 6.07) is 21.8. The molecule has 6 heteroatoms. The maximum atomic E-state index is 12.8. The number of fused-ring (bicyclic) bond motifs is 2. The predicted octanol–water partition coefficient (Wildman–Crippen LogP) is 3.54. The van der Waals surface area contributed by atoms with Crippen LogP contribution in [0.15, 0.2) is 78.9 Å². The van der Waals surface area contributed by atoms with Crippen LogP contribution in [0.1, 0.15) is 27.0 Å². The molecular weight excluding hydrogens is 360 g/mol. The fourth-order valence-electron chi connectivity index (χ4n) is 3.32. The van der Waals surface area contributed by atoms with E-state index in [2.05, 4.69) is 0 Å². The van der Waals surface area contributed by atoms with Crippen LogP contribution in [0, 0.1) is 0 Å². The van der Waals surface area contributed by atoms with Gasteiger partial charge < -0.3 is 9.47 Å². The standard InChI is InChI=1S/C22H16O6/c23-20(27-15-8-2-1-3-9-15)14-26-22(28-25)18-12-6-4-10-16(18)21(24)17-11-5-7-13-19(17)22/h1-13,25H,14H2. The van der Waals surface area contributed by atoms with E-state index in [1.807, 2.05) is 0 Å². The van der Waals surface area contributed by atoms with Crippen LogP contribution in [0.4, 0.5) is 0 Å². The van der Waals surface area contributed by atoms with Gasteiger partial charge in [0.15, 0.2) is 5.78 Å². The molecule has 3 aromatic carbocycles. The molecule has 0 amide bonds. The molecular formula is C22H16O6. The van der Waals surface area contributed by atoms with Gasteiger partial charge >= 0.3 is 5.97 Å². The Kier molecular flexibility index (Phi) is 4.75. The van der Waals surface area contributed by atoms with E-state index >= 15 is 0 Å². The first-order valence-corrected chi connectivity index (χ1v) is 8.61. The summed E-state index contributed by atoms with van der Waals surface area (Å²) in [5, 5.41) is 9.84. The lowest BCUT2D eigenvalue weighted by Crippen LogP contribution is -2.41. The fraction of sp³-hybridized carbons (Fsp3) is 0.0909. The number of ketones is 1. The van der Waals surface area contributed by atoms with E-state index in [0.29, 0.717) is 28.0 Å². The minimum Gasteiger partial charge on any atom is -0.425 e. The molecule has 1 N–H and O–H groups in total. The molecule has 0 aliphatic heterocycles. The van der Waals surface area contributed by atoms with Crippen molar-refractivity contribution >= 4 is 11.8 Å². The number of para-hydroxylation sites is 1. The highest BCUT2D eigenvalue weighted by atomic mass is 17.1. The van der Waals surface area contributed by atoms with E-state index in [1.54, 1.807) is 78.9 Å². The molecule has 0 heterocycles. The molecule has 28 heavy (non-hydrogen) atoms. The van der Waals surface area contributed by atoms with Gasteiger partial charge in [0.25, 0.3) is 5.79 Å². The van der Waals surface area contributed by atoms with Crippen LogP contribution in [-0.2, 0) is 20.2 Å². The Morgan fingerprint density at radius 3 is 1.93 bits per heavy atom. The molecule has 1 aliphatic carbocycles. The molecule has 0 saturated carbocycles. The maximum Gasteiger partial charge on any atom is 0.337 e. The Morgan fingerprint density at radius 2 is 1.36 bits per heavy atom. The summed E-state index contributed by atoms with van der Waals surface area (Å²) < 4.78 is 11.0. The van der Waals surface area contributed by atoms with Crippen molar-refractivity contribution < 1.29 is 29.2 Å². The van der Waals surface area contributed by atoms with Crippen molar-refractivity contribution in [2.24, 2.45) is 0 Å². The normalized spacial score (nSPS) is 14.1. The number of esters is 1. The third-order valence-corrected chi connectivity index (χ3v) is 4.55. The topological polar surface area (TPSA) is 82.1 Å². The molecule has 1 aliphatic rings. The maximum absolute atomic E-state index is 12.8. The van der Waals surface area contributed by atoms with Gasteiger partial charge in [-0.1, -0.05) is 66.7 Å². The molecule has 4 rings (SSSR count). The van der Waals surface area contributed by atoms with Crippen LogP contribution in [0.5, 0.6) is 5.75 Å². The van der Waals surface area contributed by atoms with E-state index in [9.17, 15) is 14.8 Å². The lowest BCUT2D eigenvalue weighted by atomic mass is 9.80. The number of ether oxygens (including phenoxy) is 2. The van der Waals surface area contributed by atoms with Crippen LogP contribution < -0.4 is 4.74 Å². The van der Waals surface area contributed by atoms with Crippen LogP contribution >= 0.6 is 0 Å². The molecule has 0 atom stereocenters. The number of hydrogen-bond donors (Lipinski definition) is 1. The quantitative estimate of drug-likeness (QED) is 0.241. The third-order valence-electron chi connectivity index (χ3n) is 4.55. The summed E-state index contributed by atoms with van der Waals surface area (Å²) in [5.41, 5.74) is 1.28. The van der Waals surface area contributed by atoms with Gasteiger partial charge in [0.2, 0.25) is 0 Å². The average Bonchev–Trinajstić information content (AvgIpc) is 2.75. The fourth-order valence-corrected chi connectivity index (χ4v) is 3.32. The Hall–Kier alpha value is -3.32. The third kappa shape index (κ3) is 2.99. The summed E-state index contributed by atoms with van der Waals surface area (Å²) in [5.74, 6) is -2.34. The number of carbonyl (C=O) groups is 2. The molecule has 0 spiro atoms. The number of carbonyl (C=O) groups excluding carboxylic acids is 2. The highest BCUT2D eigenvalue weighted by Crippen LogP contribution is 2.43. The highest BCUT2D eigenvalue weighted by Gasteiger charge is 2.47. The Morgan fingerprint density at radius 1 is 0.821 bits per heavy atom. The summed E-state index contributed by atoms with van der Waals surface area (Å²) >= 11 is 0. The van der Waals surface area contributed by atoms with E-state index in [-0.39, 0.29) is 5.78 Å². The van der Waals surface area contributed by atoms with Crippen LogP contribution in [0.2, 0.25) is 0 Å². The molecule has 6 nitrogen and oxygen atoms in total. The predicted molar refractivity (Wildman–Crippen MR) is 98.8 cm³/mol. The molecule has 0 radical (unpaired) electrons. The highest BCUT2D eigenvalue weighted by molar-refractivity contribution is 6.12. The molecule has 0 fully saturated rings. The first kappa shape index (κ1) is 18.1. The van der Waals surface area contributed by atoms with Gasteiger partial charge in [0, 0.05) is 22.3 Å². The second kappa shape index (κ2) is 7.36. The monoisotopic (exact) mass is 376 g/mol. The lowest BCUT2D eigenvalue weighted by molar-refractivity contribution is -0.394. The van der Waals surface area contributed by atoms with Gasteiger partial charge in [-0.05, 0) is 12.1 Å². The first-order chi connectivity index (χ1) is 13.7. The van der Waals surface area contributed by atoms with Crippen molar-refractivity contribution in [2.75, 3.05) is 6.61 Å². The molecule has 0 saturated heterocycles. The molecule has 0 unspecified atom stereocenters. The van der Waals surface area contributed by atoms with Crippen molar-refractivity contribution in [1.29, 1.82) is 0 Å². The van der Waals surface area contributed by atoms with Gasteiger partial charge in [0.1, 0.15) is 12.4 Å². The summed E-state index contributed by atoms with van der Waals surface area (Å²) in [6.07, 6.45) is 0. The number of rotatable bonds is 5. The minimum atomic E-state index is -1.82. The average molecular weight is 376 g/mol. The summed E-state index contributed by atoms with van der Waals surface area (Å²) in [7, 11) is 0. The smallest absolute Gasteiger partial charge is 0.337 e. The minimum absolute atomic E-state index is 0.214. The summed E-state index contributed by atoms with van der Waals surface area (Å²) in [4.78, 5) is 29.9. The second-order valence-electron chi connectivity index (χ2n) is 6.20. The summed E-state index contributed by atoms with van der Waals surface area (Å²) in [6.45, 7) is -0.508. The van der Waals surface area contributed by atoms with Crippen molar-refractivity contribution in [1.82, 2.24) is 0 Å². The van der Waals surface area contributed by atoms with Gasteiger partial charge in [-0.2, -0.15) is 4.89 Å². The Bertz CT molecular complexity index is 978. The van der Waals surface area contributed by atoms with E-state index < -0.39 is 18.4 Å². The Balaban J connectivity index is 1.69. The zero-order valence-electron chi connectivity index (χ0n) is 14.7. The van der Waals surface area contributed by atoms with Crippen molar-refractivity contribution in [3.8, 4) is 5.75 Å². The van der Waals surface area contributed by atoms with E-state index in [1.165, 1.54) is 0 Å². The molecule has 0 bridgehead atoms. The molecule has 0 aromatic heterocycles. The van der Waals surface area contributed by atoms with Crippen LogP contribution in [0.25, 0.3) is 0 Å². The van der Waals surface area contributed by atoms with Crippen molar-refractivity contribution in [3.05, 3.63) is 101 Å². The zero-order valence-corrected chi connectivity index (χ0v) is 14.7. The van der Waals surface area contributed by atoms with Crippen molar-refractivity contribution in [3.63, 3.8) is 0 Å². The number of hydrogen-bond acceptors (Lipinski definition) is 6.